The van der Waals surface area contributed by atoms with Gasteiger partial charge in [-0.1, -0.05) is 19.1 Å². The Balaban J connectivity index is 1.28. The van der Waals surface area contributed by atoms with Gasteiger partial charge in [0.05, 0.1) is 23.5 Å². The first-order chi connectivity index (χ1) is 19.5. The van der Waals surface area contributed by atoms with Crippen LogP contribution < -0.4 is 0 Å². The topological polar surface area (TPSA) is 108 Å². The number of cyclic esters (lactones) is 1. The molecular weight excluding hydrogens is 524 g/mol. The Hall–Kier alpha value is -2.61. The molecule has 5 fully saturated rings. The molecule has 226 valence electrons. The lowest BCUT2D eigenvalue weighted by atomic mass is 9.55. The van der Waals surface area contributed by atoms with Crippen LogP contribution in [0.3, 0.4) is 0 Å². The summed E-state index contributed by atoms with van der Waals surface area (Å²) in [7, 11) is 0. The second-order valence-corrected chi connectivity index (χ2v) is 14.0. The molecule has 3 atom stereocenters. The predicted octanol–water partition coefficient (Wildman–Crippen LogP) is 5.90. The zero-order valence-corrected chi connectivity index (χ0v) is 24.9. The van der Waals surface area contributed by atoms with E-state index in [1.54, 1.807) is 26.0 Å². The molecule has 4 saturated carbocycles. The second kappa shape index (κ2) is 11.9. The van der Waals surface area contributed by atoms with Crippen molar-refractivity contribution in [3.8, 4) is 5.75 Å². The fourth-order valence-electron chi connectivity index (χ4n) is 8.42. The number of ether oxygens (including phenoxy) is 4. The minimum absolute atomic E-state index is 0.00451. The van der Waals surface area contributed by atoms with Gasteiger partial charge < -0.3 is 24.1 Å². The van der Waals surface area contributed by atoms with Crippen LogP contribution in [0.1, 0.15) is 97.0 Å². The predicted molar refractivity (Wildman–Crippen MR) is 151 cm³/mol. The Bertz CT molecular complexity index is 1080. The maximum Gasteiger partial charge on any atom is 0.347 e. The molecule has 1 heterocycles. The summed E-state index contributed by atoms with van der Waals surface area (Å²) in [6.45, 7) is 7.54. The van der Waals surface area contributed by atoms with Crippen molar-refractivity contribution in [1.29, 1.82) is 0 Å². The molecule has 1 saturated heterocycles. The maximum atomic E-state index is 13.9. The Labute approximate surface area is 243 Å². The van der Waals surface area contributed by atoms with Gasteiger partial charge in [-0.3, -0.25) is 9.59 Å². The van der Waals surface area contributed by atoms with Gasteiger partial charge >= 0.3 is 17.9 Å². The van der Waals surface area contributed by atoms with Crippen molar-refractivity contribution in [1.82, 2.24) is 0 Å². The number of rotatable bonds is 12. The van der Waals surface area contributed by atoms with Crippen LogP contribution in [0, 0.1) is 34.5 Å². The van der Waals surface area contributed by atoms with Gasteiger partial charge in [0.1, 0.15) is 5.75 Å². The smallest absolute Gasteiger partial charge is 0.347 e. The van der Waals surface area contributed by atoms with Crippen LogP contribution >= 0.6 is 0 Å². The normalized spacial score (nSPS) is 30.9. The molecule has 6 rings (SSSR count). The Morgan fingerprint density at radius 3 is 2.20 bits per heavy atom. The summed E-state index contributed by atoms with van der Waals surface area (Å²) < 4.78 is 22.6. The largest absolute Gasteiger partial charge is 0.508 e. The fraction of sp³-hybridized carbons (Fsp3) is 0.727. The summed E-state index contributed by atoms with van der Waals surface area (Å²) in [6, 6.07) is 7.04. The van der Waals surface area contributed by atoms with E-state index < -0.39 is 34.8 Å². The van der Waals surface area contributed by atoms with Gasteiger partial charge in [0.2, 0.25) is 6.10 Å². The number of aromatic hydroxyl groups is 1. The Morgan fingerprint density at radius 1 is 1.00 bits per heavy atom. The maximum absolute atomic E-state index is 13.9. The van der Waals surface area contributed by atoms with Gasteiger partial charge in [0.15, 0.2) is 6.79 Å². The molecule has 8 heteroatoms. The zero-order valence-electron chi connectivity index (χ0n) is 24.9. The SMILES string of the molecule is CCC(CC(C)(CC(C)(C)C(=O)OC1CCOC1=O)C(=O)OCOC1C2CC3CC(C2)CC1C3)c1ccc(O)cc1. The molecule has 8 nitrogen and oxygen atoms in total. The van der Waals surface area contributed by atoms with Crippen molar-refractivity contribution in [2.24, 2.45) is 34.5 Å². The van der Waals surface area contributed by atoms with E-state index in [1.807, 2.05) is 19.1 Å². The van der Waals surface area contributed by atoms with Crippen molar-refractivity contribution >= 4 is 17.9 Å². The Morgan fingerprint density at radius 2 is 1.63 bits per heavy atom. The molecule has 1 aromatic rings. The summed E-state index contributed by atoms with van der Waals surface area (Å²) in [5.41, 5.74) is -1.10. The highest BCUT2D eigenvalue weighted by molar-refractivity contribution is 5.84. The number of phenolic OH excluding ortho intramolecular Hbond substituents is 1. The monoisotopic (exact) mass is 570 g/mol. The summed E-state index contributed by atoms with van der Waals surface area (Å²) in [5, 5.41) is 9.79. The summed E-state index contributed by atoms with van der Waals surface area (Å²) in [6.07, 6.45) is 7.20. The van der Waals surface area contributed by atoms with E-state index in [1.165, 1.54) is 32.1 Å². The number of carbonyl (C=O) groups excluding carboxylic acids is 3. The minimum Gasteiger partial charge on any atom is -0.508 e. The van der Waals surface area contributed by atoms with E-state index in [0.29, 0.717) is 24.7 Å². The number of phenols is 1. The Kier molecular flexibility index (Phi) is 8.70. The van der Waals surface area contributed by atoms with Gasteiger partial charge in [-0.15, -0.1) is 0 Å². The number of benzene rings is 1. The molecule has 0 amide bonds. The van der Waals surface area contributed by atoms with Gasteiger partial charge in [0, 0.05) is 6.42 Å². The lowest BCUT2D eigenvalue weighted by Crippen LogP contribution is -2.49. The average molecular weight is 571 g/mol. The fourth-order valence-corrected chi connectivity index (χ4v) is 8.42. The zero-order chi connectivity index (χ0) is 29.4. The van der Waals surface area contributed by atoms with Crippen molar-refractivity contribution < 1.29 is 38.4 Å². The number of carbonyl (C=O) groups is 3. The lowest BCUT2D eigenvalue weighted by molar-refractivity contribution is -0.196. The van der Waals surface area contributed by atoms with E-state index in [9.17, 15) is 19.5 Å². The third kappa shape index (κ3) is 6.58. The highest BCUT2D eigenvalue weighted by Crippen LogP contribution is 2.54. The van der Waals surface area contributed by atoms with Crippen molar-refractivity contribution in [2.45, 2.75) is 104 Å². The molecule has 3 unspecified atom stereocenters. The van der Waals surface area contributed by atoms with Crippen LogP contribution in [0.4, 0.5) is 0 Å². The first kappa shape index (κ1) is 29.9. The van der Waals surface area contributed by atoms with Crippen molar-refractivity contribution in [2.75, 3.05) is 13.4 Å². The van der Waals surface area contributed by atoms with Crippen LogP contribution in [0.25, 0.3) is 0 Å². The molecule has 4 bridgehead atoms. The average Bonchev–Trinajstić information content (AvgIpc) is 3.32. The van der Waals surface area contributed by atoms with Gasteiger partial charge in [0.25, 0.3) is 0 Å². The molecule has 1 N–H and O–H groups in total. The lowest BCUT2D eigenvalue weighted by Gasteiger charge is -2.53. The van der Waals surface area contributed by atoms with Crippen LogP contribution in [0.5, 0.6) is 5.75 Å². The molecule has 0 aromatic heterocycles. The van der Waals surface area contributed by atoms with Crippen molar-refractivity contribution in [3.05, 3.63) is 29.8 Å². The minimum atomic E-state index is -1.06. The van der Waals surface area contributed by atoms with Gasteiger partial charge in [-0.2, -0.15) is 0 Å². The van der Waals surface area contributed by atoms with E-state index >= 15 is 0 Å². The highest BCUT2D eigenvalue weighted by Gasteiger charge is 2.50. The van der Waals surface area contributed by atoms with Crippen molar-refractivity contribution in [3.63, 3.8) is 0 Å². The molecule has 0 radical (unpaired) electrons. The second-order valence-electron chi connectivity index (χ2n) is 14.0. The van der Waals surface area contributed by atoms with Gasteiger partial charge in [-0.25, -0.2) is 4.79 Å². The van der Waals surface area contributed by atoms with E-state index in [2.05, 4.69) is 6.92 Å². The standard InChI is InChI=1S/C33H46O8/c1-5-22(23-6-8-26(34)9-7-23)17-33(4,18-32(2,3)30(36)41-27-10-11-38-29(27)35)31(37)40-19-39-28-24-13-20-12-21(15-24)16-25(28)14-20/h6-9,20-22,24-25,27-28,34H,5,10-19H2,1-4H3. The molecular formula is C33H46O8. The highest BCUT2D eigenvalue weighted by atomic mass is 16.7. The van der Waals surface area contributed by atoms with E-state index in [4.69, 9.17) is 18.9 Å². The third-order valence-electron chi connectivity index (χ3n) is 10.2. The summed E-state index contributed by atoms with van der Waals surface area (Å²) in [5.74, 6) is 1.50. The molecule has 1 aromatic carbocycles. The van der Waals surface area contributed by atoms with Crippen LogP contribution in [0.15, 0.2) is 24.3 Å². The van der Waals surface area contributed by atoms with Crippen LogP contribution in [-0.2, 0) is 33.3 Å². The first-order valence-electron chi connectivity index (χ1n) is 15.4. The van der Waals surface area contributed by atoms with E-state index in [-0.39, 0.29) is 37.6 Å². The number of hydrogen-bond acceptors (Lipinski definition) is 8. The van der Waals surface area contributed by atoms with Gasteiger partial charge in [-0.05, 0) is 119 Å². The van der Waals surface area contributed by atoms with Crippen LogP contribution in [0.2, 0.25) is 0 Å². The van der Waals surface area contributed by atoms with E-state index in [0.717, 1.165) is 23.8 Å². The molecule has 0 spiro atoms. The molecule has 5 aliphatic rings. The van der Waals surface area contributed by atoms with Crippen LogP contribution in [-0.4, -0.2) is 48.6 Å². The molecule has 4 aliphatic carbocycles. The quantitative estimate of drug-likeness (QED) is 0.188. The number of hydrogen-bond donors (Lipinski definition) is 1. The first-order valence-corrected chi connectivity index (χ1v) is 15.4. The summed E-state index contributed by atoms with van der Waals surface area (Å²) >= 11 is 0. The molecule has 41 heavy (non-hydrogen) atoms. The third-order valence-corrected chi connectivity index (χ3v) is 10.2. The molecule has 1 aliphatic heterocycles. The number of esters is 3. The summed E-state index contributed by atoms with van der Waals surface area (Å²) in [4.78, 5) is 39.1.